The number of hydrogen-bond donors (Lipinski definition) is 1. The molecule has 2 atom stereocenters. The van der Waals surface area contributed by atoms with E-state index in [4.69, 9.17) is 18.9 Å². The number of rotatable bonds is 17. The van der Waals surface area contributed by atoms with Crippen molar-refractivity contribution in [1.29, 1.82) is 0 Å². The van der Waals surface area contributed by atoms with Gasteiger partial charge in [-0.2, -0.15) is 0 Å². The van der Waals surface area contributed by atoms with E-state index in [1.54, 1.807) is 27.8 Å². The number of nitrogens with zero attached hydrogens (tertiary/aromatic N) is 1. The third kappa shape index (κ3) is 28.3. The van der Waals surface area contributed by atoms with Gasteiger partial charge in [-0.15, -0.1) is 12.4 Å². The standard InChI is InChI=1S/C21H33NO4.C13H19NO2.C8H14O3.CH4.ClH/c1-16(2)19(20(24)25-15-17-11-8-7-9-12-17)22(6)14-10-13-18(23)26-21(3,4)5;1-10(2)12(14-3)13(15)16-9-11-7-5-4-6-8-11;1-8(2,3)11-7(10)5-4-6-9;;/h7-9,11-12,16,19H,10,13-15H2,1-6H3;4-8,10,12,14H,9H2,1-3H3;6H,4-5H2,1-3H3;1H4;1H/t19-;12-;;;/m00.../s1. The SMILES string of the molecule is C.CC(C)(C)OC(=O)CCC=O.CC(C)[C@@H](C(=O)OCc1ccccc1)N(C)CCCC(=O)OC(C)(C)C.CN[C@H](C(=O)OCc1ccccc1)C(C)C.Cl. The summed E-state index contributed by atoms with van der Waals surface area (Å²) in [5, 5.41) is 2.96. The molecule has 2 rings (SSSR count). The van der Waals surface area contributed by atoms with Gasteiger partial charge in [0, 0.05) is 12.8 Å². The monoisotopic (exact) mass is 794 g/mol. The van der Waals surface area contributed by atoms with E-state index in [-0.39, 0.29) is 87.1 Å². The minimum Gasteiger partial charge on any atom is -0.460 e. The first-order valence-electron chi connectivity index (χ1n) is 18.4. The van der Waals surface area contributed by atoms with Crippen LogP contribution in [0.1, 0.15) is 113 Å². The van der Waals surface area contributed by atoms with Gasteiger partial charge in [-0.25, -0.2) is 0 Å². The molecule has 0 bridgehead atoms. The van der Waals surface area contributed by atoms with Crippen LogP contribution in [-0.4, -0.2) is 79.0 Å². The maximum Gasteiger partial charge on any atom is 0.323 e. The molecule has 314 valence electrons. The minimum absolute atomic E-state index is 0. The molecule has 2 aromatic carbocycles. The molecule has 0 saturated heterocycles. The van der Waals surface area contributed by atoms with Crippen molar-refractivity contribution in [3.63, 3.8) is 0 Å². The number of esters is 4. The summed E-state index contributed by atoms with van der Waals surface area (Å²) in [6.45, 7) is 20.2. The lowest BCUT2D eigenvalue weighted by Crippen LogP contribution is -2.44. The number of nitrogens with one attached hydrogen (secondary N) is 1. The molecule has 0 aliphatic carbocycles. The van der Waals surface area contributed by atoms with E-state index in [9.17, 15) is 24.0 Å². The first kappa shape index (κ1) is 55.5. The van der Waals surface area contributed by atoms with Crippen LogP contribution in [-0.2, 0) is 56.1 Å². The molecule has 11 nitrogen and oxygen atoms in total. The Balaban J connectivity index is -0.000000798. The van der Waals surface area contributed by atoms with Gasteiger partial charge >= 0.3 is 23.9 Å². The van der Waals surface area contributed by atoms with Crippen molar-refractivity contribution in [1.82, 2.24) is 10.2 Å². The molecule has 1 N–H and O–H groups in total. The number of ether oxygens (including phenoxy) is 4. The summed E-state index contributed by atoms with van der Waals surface area (Å²) in [6, 6.07) is 18.8. The van der Waals surface area contributed by atoms with Crippen LogP contribution in [0.15, 0.2) is 60.7 Å². The van der Waals surface area contributed by atoms with Crippen LogP contribution in [0, 0.1) is 11.8 Å². The lowest BCUT2D eigenvalue weighted by atomic mass is 10.0. The Labute approximate surface area is 338 Å². The highest BCUT2D eigenvalue weighted by Gasteiger charge is 2.28. The molecular weight excluding hydrogens is 724 g/mol. The van der Waals surface area contributed by atoms with Crippen LogP contribution in [0.5, 0.6) is 0 Å². The highest BCUT2D eigenvalue weighted by atomic mass is 35.5. The van der Waals surface area contributed by atoms with Crippen LogP contribution >= 0.6 is 12.4 Å². The van der Waals surface area contributed by atoms with E-state index in [0.717, 1.165) is 11.1 Å². The Hall–Kier alpha value is -3.80. The summed E-state index contributed by atoms with van der Waals surface area (Å²) >= 11 is 0. The van der Waals surface area contributed by atoms with Crippen molar-refractivity contribution in [3.05, 3.63) is 71.8 Å². The van der Waals surface area contributed by atoms with Gasteiger partial charge in [-0.05, 0) is 91.6 Å². The first-order chi connectivity index (χ1) is 24.7. The van der Waals surface area contributed by atoms with Crippen LogP contribution in [0.3, 0.4) is 0 Å². The molecular formula is C43H71ClN2O9. The van der Waals surface area contributed by atoms with Crippen LogP contribution in [0.4, 0.5) is 0 Å². The van der Waals surface area contributed by atoms with Crippen molar-refractivity contribution in [2.45, 2.75) is 139 Å². The van der Waals surface area contributed by atoms with Gasteiger partial charge in [0.25, 0.3) is 0 Å². The maximum absolute atomic E-state index is 12.5. The zero-order chi connectivity index (χ0) is 40.6. The summed E-state index contributed by atoms with van der Waals surface area (Å²) in [7, 11) is 3.66. The van der Waals surface area contributed by atoms with Crippen molar-refractivity contribution in [3.8, 4) is 0 Å². The van der Waals surface area contributed by atoms with Crippen molar-refractivity contribution >= 4 is 42.6 Å². The van der Waals surface area contributed by atoms with Crippen molar-refractivity contribution in [2.75, 3.05) is 20.6 Å². The van der Waals surface area contributed by atoms with E-state index in [2.05, 4.69) is 5.32 Å². The number of benzene rings is 2. The second kappa shape index (κ2) is 29.5. The molecule has 0 saturated carbocycles. The van der Waals surface area contributed by atoms with Gasteiger partial charge in [0.1, 0.15) is 42.8 Å². The summed E-state index contributed by atoms with van der Waals surface area (Å²) in [6.07, 6.45) is 2.12. The topological polar surface area (TPSA) is 138 Å². The molecule has 12 heteroatoms. The smallest absolute Gasteiger partial charge is 0.323 e. The summed E-state index contributed by atoms with van der Waals surface area (Å²) in [4.78, 5) is 58.7. The highest BCUT2D eigenvalue weighted by Crippen LogP contribution is 2.15. The third-order valence-electron chi connectivity index (χ3n) is 7.23. The Morgan fingerprint density at radius 3 is 1.49 bits per heavy atom. The fourth-order valence-corrected chi connectivity index (χ4v) is 4.89. The quantitative estimate of drug-likeness (QED) is 0.0944. The molecule has 0 unspecified atom stereocenters. The fourth-order valence-electron chi connectivity index (χ4n) is 4.89. The molecule has 0 radical (unpaired) electrons. The third-order valence-corrected chi connectivity index (χ3v) is 7.23. The molecule has 0 fully saturated rings. The molecule has 0 amide bonds. The number of carbonyl (C=O) groups excluding carboxylic acids is 5. The zero-order valence-corrected chi connectivity index (χ0v) is 35.5. The molecule has 0 aromatic heterocycles. The largest absolute Gasteiger partial charge is 0.460 e. The number of halogens is 1. The van der Waals surface area contributed by atoms with E-state index in [0.29, 0.717) is 32.3 Å². The second-order valence-electron chi connectivity index (χ2n) is 15.3. The highest BCUT2D eigenvalue weighted by molar-refractivity contribution is 5.85. The van der Waals surface area contributed by atoms with Gasteiger partial charge < -0.3 is 29.1 Å². The number of likely N-dealkylation sites (N-methyl/N-ethyl adjacent to an activating group) is 2. The number of carbonyl (C=O) groups is 5. The molecule has 55 heavy (non-hydrogen) atoms. The summed E-state index contributed by atoms with van der Waals surface area (Å²) in [5.74, 6) is -0.605. The van der Waals surface area contributed by atoms with Crippen LogP contribution in [0.2, 0.25) is 0 Å². The average molecular weight is 795 g/mol. The molecule has 0 heterocycles. The number of aldehydes is 1. The maximum atomic E-state index is 12.5. The molecule has 0 spiro atoms. The Morgan fingerprint density at radius 2 is 1.13 bits per heavy atom. The molecule has 0 aliphatic rings. The number of hydrogen-bond acceptors (Lipinski definition) is 11. The normalized spacial score (nSPS) is 11.9. The van der Waals surface area contributed by atoms with Gasteiger partial charge in [-0.1, -0.05) is 95.8 Å². The fraction of sp³-hybridized carbons (Fsp3) is 0.605. The molecule has 0 aliphatic heterocycles. The second-order valence-corrected chi connectivity index (χ2v) is 15.3. The lowest BCUT2D eigenvalue weighted by Gasteiger charge is -2.29. The first-order valence-corrected chi connectivity index (χ1v) is 18.4. The Morgan fingerprint density at radius 1 is 0.709 bits per heavy atom. The van der Waals surface area contributed by atoms with Crippen molar-refractivity contribution < 1.29 is 42.9 Å². The van der Waals surface area contributed by atoms with Crippen LogP contribution in [0.25, 0.3) is 0 Å². The summed E-state index contributed by atoms with van der Waals surface area (Å²) in [5.41, 5.74) is 1.07. The van der Waals surface area contributed by atoms with E-state index in [1.165, 1.54) is 0 Å². The predicted molar refractivity (Wildman–Crippen MR) is 222 cm³/mol. The Bertz CT molecular complexity index is 1340. The van der Waals surface area contributed by atoms with E-state index >= 15 is 0 Å². The average Bonchev–Trinajstić information content (AvgIpc) is 3.05. The van der Waals surface area contributed by atoms with Gasteiger partial charge in [0.05, 0.1) is 6.42 Å². The van der Waals surface area contributed by atoms with E-state index in [1.807, 2.05) is 121 Å². The molecule has 2 aromatic rings. The Kier molecular flexibility index (Phi) is 29.8. The van der Waals surface area contributed by atoms with Gasteiger partial charge in [0.2, 0.25) is 0 Å². The lowest BCUT2D eigenvalue weighted by molar-refractivity contribution is -0.156. The summed E-state index contributed by atoms with van der Waals surface area (Å²) < 4.78 is 21.0. The van der Waals surface area contributed by atoms with E-state index < -0.39 is 11.2 Å². The van der Waals surface area contributed by atoms with Crippen LogP contribution < -0.4 is 5.32 Å². The van der Waals surface area contributed by atoms with Gasteiger partial charge in [-0.3, -0.25) is 24.1 Å². The predicted octanol–water partition coefficient (Wildman–Crippen LogP) is 8.15. The minimum atomic E-state index is -0.468. The van der Waals surface area contributed by atoms with Crippen molar-refractivity contribution in [2.24, 2.45) is 11.8 Å². The zero-order valence-electron chi connectivity index (χ0n) is 34.6. The van der Waals surface area contributed by atoms with Gasteiger partial charge in [0.15, 0.2) is 0 Å².